The molecule has 1 aromatic heterocycles. The van der Waals surface area contributed by atoms with Crippen LogP contribution in [-0.2, 0) is 0 Å². The maximum atomic E-state index is 13.0. The molecule has 0 radical (unpaired) electrons. The third kappa shape index (κ3) is 1.20. The molecule has 2 aromatic rings. The number of hydrogen-bond acceptors (Lipinski definition) is 3. The minimum absolute atomic E-state index is 0.117. The van der Waals surface area contributed by atoms with Crippen LogP contribution >= 0.6 is 0 Å². The summed E-state index contributed by atoms with van der Waals surface area (Å²) >= 11 is 0. The predicted octanol–water partition coefficient (Wildman–Crippen LogP) is 1.78. The first kappa shape index (κ1) is 7.91. The molecule has 2 rings (SSSR count). The number of hydrogen-bond donors (Lipinski definition) is 1. The van der Waals surface area contributed by atoms with E-state index in [2.05, 4.69) is 9.97 Å². The van der Waals surface area contributed by atoms with Gasteiger partial charge in [0, 0.05) is 6.07 Å². The van der Waals surface area contributed by atoms with Crippen molar-refractivity contribution in [2.24, 2.45) is 0 Å². The van der Waals surface area contributed by atoms with Gasteiger partial charge in [-0.3, -0.25) is 0 Å². The van der Waals surface area contributed by atoms with Gasteiger partial charge in [0.05, 0.1) is 10.9 Å². The molecule has 0 aliphatic carbocycles. The Morgan fingerprint density at radius 3 is 2.85 bits per heavy atom. The molecule has 0 amide bonds. The monoisotopic (exact) mass is 178 g/mol. The van der Waals surface area contributed by atoms with Gasteiger partial charge in [0.1, 0.15) is 12.1 Å². The van der Waals surface area contributed by atoms with E-state index in [0.717, 1.165) is 0 Å². The molecule has 66 valence electrons. The van der Waals surface area contributed by atoms with E-state index in [9.17, 15) is 9.50 Å². The van der Waals surface area contributed by atoms with Crippen molar-refractivity contribution in [2.45, 2.75) is 6.92 Å². The van der Waals surface area contributed by atoms with Crippen LogP contribution in [0.25, 0.3) is 10.9 Å². The highest BCUT2D eigenvalue weighted by Gasteiger charge is 2.05. The van der Waals surface area contributed by atoms with E-state index >= 15 is 0 Å². The topological polar surface area (TPSA) is 46.0 Å². The number of aryl methyl sites for hydroxylation is 1. The van der Waals surface area contributed by atoms with Crippen LogP contribution in [0.2, 0.25) is 0 Å². The van der Waals surface area contributed by atoms with Gasteiger partial charge in [0.25, 0.3) is 0 Å². The van der Waals surface area contributed by atoms with Crippen LogP contribution in [0, 0.1) is 12.7 Å². The largest absolute Gasteiger partial charge is 0.493 e. The molecule has 0 bridgehead atoms. The molecule has 0 fully saturated rings. The van der Waals surface area contributed by atoms with E-state index in [4.69, 9.17) is 0 Å². The maximum absolute atomic E-state index is 13.0. The van der Waals surface area contributed by atoms with Crippen molar-refractivity contribution in [3.8, 4) is 5.88 Å². The van der Waals surface area contributed by atoms with Crippen molar-refractivity contribution in [3.63, 3.8) is 0 Å². The summed E-state index contributed by atoms with van der Waals surface area (Å²) in [5, 5.41) is 9.79. The van der Waals surface area contributed by atoms with E-state index in [1.807, 2.05) is 0 Å². The zero-order valence-electron chi connectivity index (χ0n) is 6.95. The van der Waals surface area contributed by atoms with E-state index in [0.29, 0.717) is 16.5 Å². The molecular weight excluding hydrogens is 171 g/mol. The first-order valence-corrected chi connectivity index (χ1v) is 3.78. The summed E-state index contributed by atoms with van der Waals surface area (Å²) in [6, 6.07) is 2.81. The summed E-state index contributed by atoms with van der Waals surface area (Å²) in [5.41, 5.74) is 0.883. The van der Waals surface area contributed by atoms with Crippen molar-refractivity contribution in [1.82, 2.24) is 9.97 Å². The van der Waals surface area contributed by atoms with E-state index in [1.54, 1.807) is 6.92 Å². The molecule has 0 unspecified atom stereocenters. The van der Waals surface area contributed by atoms with Gasteiger partial charge in [0.15, 0.2) is 0 Å². The number of aromatic hydroxyl groups is 1. The maximum Gasteiger partial charge on any atom is 0.221 e. The van der Waals surface area contributed by atoms with Crippen molar-refractivity contribution in [2.75, 3.05) is 0 Å². The zero-order chi connectivity index (χ0) is 9.42. The normalized spacial score (nSPS) is 10.6. The fraction of sp³-hybridized carbons (Fsp3) is 0.111. The second-order valence-corrected chi connectivity index (χ2v) is 2.82. The number of benzene rings is 1. The quantitative estimate of drug-likeness (QED) is 0.668. The number of fused-ring (bicyclic) bond motifs is 1. The molecule has 0 saturated carbocycles. The average molecular weight is 178 g/mol. The highest BCUT2D eigenvalue weighted by molar-refractivity contribution is 5.83. The standard InChI is InChI=1S/C9H7FN2O/c1-5-2-6-8(3-7(5)10)11-4-12-9(6)13/h2-4H,1H3,(H,11,12,13). The Morgan fingerprint density at radius 2 is 2.08 bits per heavy atom. The molecule has 1 heterocycles. The van der Waals surface area contributed by atoms with E-state index in [-0.39, 0.29) is 11.7 Å². The van der Waals surface area contributed by atoms with Crippen molar-refractivity contribution < 1.29 is 9.50 Å². The molecule has 3 nitrogen and oxygen atoms in total. The summed E-state index contributed by atoms with van der Waals surface area (Å²) < 4.78 is 13.0. The SMILES string of the molecule is Cc1cc2c(O)ncnc2cc1F. The van der Waals surface area contributed by atoms with Crippen LogP contribution in [0.4, 0.5) is 4.39 Å². The van der Waals surface area contributed by atoms with Crippen LogP contribution in [0.3, 0.4) is 0 Å². The summed E-state index contributed by atoms with van der Waals surface area (Å²) in [7, 11) is 0. The van der Waals surface area contributed by atoms with Crippen molar-refractivity contribution >= 4 is 10.9 Å². The average Bonchev–Trinajstić information content (AvgIpc) is 2.09. The van der Waals surface area contributed by atoms with Gasteiger partial charge in [-0.1, -0.05) is 0 Å². The Kier molecular flexibility index (Phi) is 1.62. The Bertz CT molecular complexity index is 470. The van der Waals surface area contributed by atoms with E-state index in [1.165, 1.54) is 18.5 Å². The van der Waals surface area contributed by atoms with Gasteiger partial charge in [0.2, 0.25) is 5.88 Å². The van der Waals surface area contributed by atoms with Crippen LogP contribution in [0.1, 0.15) is 5.56 Å². The summed E-state index contributed by atoms with van der Waals surface area (Å²) in [6.45, 7) is 1.63. The van der Waals surface area contributed by atoms with Gasteiger partial charge in [-0.25, -0.2) is 14.4 Å². The lowest BCUT2D eigenvalue weighted by Gasteiger charge is -2.00. The number of rotatable bonds is 0. The second kappa shape index (κ2) is 2.65. The van der Waals surface area contributed by atoms with Gasteiger partial charge in [-0.15, -0.1) is 0 Å². The van der Waals surface area contributed by atoms with E-state index < -0.39 is 0 Å². The Balaban J connectivity index is 2.89. The third-order valence-electron chi connectivity index (χ3n) is 1.89. The zero-order valence-corrected chi connectivity index (χ0v) is 6.95. The fourth-order valence-corrected chi connectivity index (χ4v) is 1.17. The molecule has 4 heteroatoms. The lowest BCUT2D eigenvalue weighted by molar-refractivity contribution is 0.459. The van der Waals surface area contributed by atoms with Gasteiger partial charge in [-0.2, -0.15) is 0 Å². The molecule has 1 aromatic carbocycles. The van der Waals surface area contributed by atoms with Gasteiger partial charge >= 0.3 is 0 Å². The minimum Gasteiger partial charge on any atom is -0.493 e. The molecular formula is C9H7FN2O. The predicted molar refractivity (Wildman–Crippen MR) is 45.9 cm³/mol. The first-order valence-electron chi connectivity index (χ1n) is 3.78. The number of nitrogens with zero attached hydrogens (tertiary/aromatic N) is 2. The van der Waals surface area contributed by atoms with Gasteiger partial charge in [-0.05, 0) is 18.6 Å². The summed E-state index contributed by atoms with van der Waals surface area (Å²) in [4.78, 5) is 7.43. The lowest BCUT2D eigenvalue weighted by atomic mass is 10.1. The fourth-order valence-electron chi connectivity index (χ4n) is 1.17. The van der Waals surface area contributed by atoms with Gasteiger partial charge < -0.3 is 5.11 Å². The van der Waals surface area contributed by atoms with Crippen molar-refractivity contribution in [1.29, 1.82) is 0 Å². The lowest BCUT2D eigenvalue weighted by Crippen LogP contribution is -1.87. The molecule has 0 saturated heterocycles. The number of aromatic nitrogens is 2. The Morgan fingerprint density at radius 1 is 1.31 bits per heavy atom. The highest BCUT2D eigenvalue weighted by atomic mass is 19.1. The highest BCUT2D eigenvalue weighted by Crippen LogP contribution is 2.22. The second-order valence-electron chi connectivity index (χ2n) is 2.82. The summed E-state index contributed by atoms with van der Waals surface area (Å²) in [5.74, 6) is -0.446. The Labute approximate surface area is 73.9 Å². The van der Waals surface area contributed by atoms with Crippen LogP contribution in [0.15, 0.2) is 18.5 Å². The van der Waals surface area contributed by atoms with Crippen molar-refractivity contribution in [3.05, 3.63) is 29.8 Å². The smallest absolute Gasteiger partial charge is 0.221 e. The molecule has 0 aliphatic rings. The molecule has 13 heavy (non-hydrogen) atoms. The first-order chi connectivity index (χ1) is 6.18. The summed E-state index contributed by atoms with van der Waals surface area (Å²) in [6.07, 6.45) is 1.20. The number of halogens is 1. The Hall–Kier alpha value is -1.71. The molecule has 0 atom stereocenters. The van der Waals surface area contributed by atoms with Crippen LogP contribution < -0.4 is 0 Å². The van der Waals surface area contributed by atoms with Crippen LogP contribution in [0.5, 0.6) is 5.88 Å². The molecule has 0 spiro atoms. The molecule has 0 aliphatic heterocycles. The van der Waals surface area contributed by atoms with Crippen LogP contribution in [-0.4, -0.2) is 15.1 Å². The third-order valence-corrected chi connectivity index (χ3v) is 1.89. The minimum atomic E-state index is -0.328. The molecule has 1 N–H and O–H groups in total.